The summed E-state index contributed by atoms with van der Waals surface area (Å²) >= 11 is 5.13. The lowest BCUT2D eigenvalue weighted by atomic mass is 10.1. The van der Waals surface area contributed by atoms with E-state index in [4.69, 9.17) is 21.7 Å². The summed E-state index contributed by atoms with van der Waals surface area (Å²) in [7, 11) is 1.51. The van der Waals surface area contributed by atoms with Gasteiger partial charge in [0.25, 0.3) is 5.91 Å². The van der Waals surface area contributed by atoms with Crippen LogP contribution in [0.5, 0.6) is 0 Å². The Balaban J connectivity index is 1.75. The zero-order valence-electron chi connectivity index (χ0n) is 17.3. The third-order valence-electron chi connectivity index (χ3n) is 4.64. The number of likely N-dealkylation sites (tertiary alicyclic amines) is 1. The molecule has 2 amide bonds. The van der Waals surface area contributed by atoms with Gasteiger partial charge in [0, 0.05) is 37.9 Å². The van der Waals surface area contributed by atoms with Crippen LogP contribution < -0.4 is 10.6 Å². The topological polar surface area (TPSA) is 97.0 Å². The second-order valence-corrected chi connectivity index (χ2v) is 7.41. The molecule has 30 heavy (non-hydrogen) atoms. The Bertz CT molecular complexity index is 731. The van der Waals surface area contributed by atoms with Gasteiger partial charge < -0.3 is 25.0 Å². The lowest BCUT2D eigenvalue weighted by molar-refractivity contribution is -0.146. The Morgan fingerprint density at radius 1 is 1.00 bits per heavy atom. The first-order valence-electron chi connectivity index (χ1n) is 10.1. The molecule has 2 N–H and O–H groups in total. The molecule has 0 spiro atoms. The van der Waals surface area contributed by atoms with E-state index in [2.05, 4.69) is 10.6 Å². The molecular formula is C21H29N3O5S. The summed E-state index contributed by atoms with van der Waals surface area (Å²) < 4.78 is 9.67. The van der Waals surface area contributed by atoms with Crippen molar-refractivity contribution in [1.82, 2.24) is 10.2 Å². The van der Waals surface area contributed by atoms with Crippen LogP contribution in [0, 0.1) is 0 Å². The molecule has 164 valence electrons. The van der Waals surface area contributed by atoms with E-state index in [1.807, 2.05) is 4.90 Å². The van der Waals surface area contributed by atoms with Crippen molar-refractivity contribution in [3.8, 4) is 0 Å². The lowest BCUT2D eigenvalue weighted by Gasteiger charge is -2.20. The Morgan fingerprint density at radius 2 is 1.67 bits per heavy atom. The summed E-state index contributed by atoms with van der Waals surface area (Å²) in [5, 5.41) is 5.55. The van der Waals surface area contributed by atoms with Crippen LogP contribution in [0.1, 0.15) is 48.9 Å². The molecule has 0 unspecified atom stereocenters. The summed E-state index contributed by atoms with van der Waals surface area (Å²) in [5.41, 5.74) is 1.29. The molecule has 1 fully saturated rings. The molecule has 1 aliphatic rings. The molecule has 0 radical (unpaired) electrons. The van der Waals surface area contributed by atoms with Crippen LogP contribution in [-0.2, 0) is 19.1 Å². The number of amides is 2. The second-order valence-electron chi connectivity index (χ2n) is 7.00. The van der Waals surface area contributed by atoms with Crippen LogP contribution in [0.3, 0.4) is 0 Å². The normalized spacial score (nSPS) is 13.8. The molecule has 1 aromatic rings. The minimum Gasteiger partial charge on any atom is -0.463 e. The molecule has 1 aromatic carbocycles. The van der Waals surface area contributed by atoms with Gasteiger partial charge in [-0.1, -0.05) is 12.8 Å². The van der Waals surface area contributed by atoms with E-state index in [0.717, 1.165) is 25.9 Å². The first kappa shape index (κ1) is 23.8. The van der Waals surface area contributed by atoms with E-state index in [1.54, 1.807) is 24.3 Å². The van der Waals surface area contributed by atoms with Gasteiger partial charge >= 0.3 is 5.97 Å². The molecule has 2 rings (SSSR count). The highest BCUT2D eigenvalue weighted by molar-refractivity contribution is 7.80. The summed E-state index contributed by atoms with van der Waals surface area (Å²) in [5.74, 6) is -0.813. The van der Waals surface area contributed by atoms with Gasteiger partial charge in [0.15, 0.2) is 5.11 Å². The van der Waals surface area contributed by atoms with Crippen LogP contribution in [0.15, 0.2) is 24.3 Å². The molecule has 0 bridgehead atoms. The predicted octanol–water partition coefficient (Wildman–Crippen LogP) is 2.49. The zero-order chi connectivity index (χ0) is 21.8. The average molecular weight is 436 g/mol. The maximum absolute atomic E-state index is 12.6. The van der Waals surface area contributed by atoms with Crippen LogP contribution in [0.25, 0.3) is 0 Å². The molecule has 1 heterocycles. The lowest BCUT2D eigenvalue weighted by Crippen LogP contribution is -2.34. The van der Waals surface area contributed by atoms with Crippen molar-refractivity contribution in [2.24, 2.45) is 0 Å². The standard InChI is InChI=1S/C21H29N3O5S/c1-28-14-15-29-19(26)11-10-18(25)23-21(30)22-17-8-6-16(7-9-17)20(27)24-12-4-2-3-5-13-24/h6-9H,2-5,10-15H2,1H3,(H2,22,23,25,30). The minimum atomic E-state index is -0.467. The van der Waals surface area contributed by atoms with E-state index >= 15 is 0 Å². The Morgan fingerprint density at radius 3 is 2.30 bits per heavy atom. The number of methoxy groups -OCH3 is 1. The highest BCUT2D eigenvalue weighted by atomic mass is 32.1. The van der Waals surface area contributed by atoms with E-state index in [-0.39, 0.29) is 36.4 Å². The number of hydrogen-bond donors (Lipinski definition) is 2. The number of esters is 1. The minimum absolute atomic E-state index is 0.0308. The van der Waals surface area contributed by atoms with Crippen molar-refractivity contribution in [1.29, 1.82) is 0 Å². The number of benzene rings is 1. The van der Waals surface area contributed by atoms with Crippen molar-refractivity contribution in [2.75, 3.05) is 38.7 Å². The monoisotopic (exact) mass is 435 g/mol. The highest BCUT2D eigenvalue weighted by Gasteiger charge is 2.17. The number of rotatable bonds is 8. The van der Waals surface area contributed by atoms with Gasteiger partial charge in [-0.05, 0) is 49.3 Å². The highest BCUT2D eigenvalue weighted by Crippen LogP contribution is 2.15. The Labute approximate surface area is 182 Å². The summed E-state index contributed by atoms with van der Waals surface area (Å²) in [6, 6.07) is 6.99. The summed E-state index contributed by atoms with van der Waals surface area (Å²) in [6.07, 6.45) is 4.37. The Hall–Kier alpha value is -2.52. The summed E-state index contributed by atoms with van der Waals surface area (Å²) in [6.45, 7) is 2.07. The maximum atomic E-state index is 12.6. The van der Waals surface area contributed by atoms with Gasteiger partial charge in [-0.25, -0.2) is 0 Å². The number of thiocarbonyl (C=S) groups is 1. The van der Waals surface area contributed by atoms with E-state index in [9.17, 15) is 14.4 Å². The molecule has 8 nitrogen and oxygen atoms in total. The fraction of sp³-hybridized carbons (Fsp3) is 0.524. The van der Waals surface area contributed by atoms with Crippen LogP contribution in [0.4, 0.5) is 5.69 Å². The predicted molar refractivity (Wildman–Crippen MR) is 117 cm³/mol. The van der Waals surface area contributed by atoms with Crippen molar-refractivity contribution in [3.05, 3.63) is 29.8 Å². The average Bonchev–Trinajstić information content (AvgIpc) is 3.02. The smallest absolute Gasteiger partial charge is 0.306 e. The number of carbonyl (C=O) groups is 3. The van der Waals surface area contributed by atoms with Crippen molar-refractivity contribution < 1.29 is 23.9 Å². The Kier molecular flexibility index (Phi) is 10.2. The molecule has 9 heteroatoms. The molecule has 0 aliphatic carbocycles. The first-order chi connectivity index (χ1) is 14.5. The van der Waals surface area contributed by atoms with Gasteiger partial charge in [0.05, 0.1) is 13.0 Å². The first-order valence-corrected chi connectivity index (χ1v) is 10.5. The number of ether oxygens (including phenoxy) is 2. The van der Waals surface area contributed by atoms with Crippen LogP contribution in [0.2, 0.25) is 0 Å². The number of nitrogens with one attached hydrogen (secondary N) is 2. The molecule has 0 aromatic heterocycles. The fourth-order valence-electron chi connectivity index (χ4n) is 3.03. The van der Waals surface area contributed by atoms with Gasteiger partial charge in [-0.15, -0.1) is 0 Å². The van der Waals surface area contributed by atoms with E-state index in [1.165, 1.54) is 20.0 Å². The molecule has 0 atom stereocenters. The second kappa shape index (κ2) is 12.9. The van der Waals surface area contributed by atoms with E-state index < -0.39 is 5.97 Å². The van der Waals surface area contributed by atoms with Gasteiger partial charge in [-0.2, -0.15) is 0 Å². The fourth-order valence-corrected chi connectivity index (χ4v) is 3.26. The van der Waals surface area contributed by atoms with E-state index in [0.29, 0.717) is 17.9 Å². The molecule has 1 saturated heterocycles. The number of hydrogen-bond acceptors (Lipinski definition) is 6. The van der Waals surface area contributed by atoms with Crippen molar-refractivity contribution >= 4 is 40.8 Å². The zero-order valence-corrected chi connectivity index (χ0v) is 18.1. The van der Waals surface area contributed by atoms with Crippen molar-refractivity contribution in [3.63, 3.8) is 0 Å². The largest absolute Gasteiger partial charge is 0.463 e. The number of carbonyl (C=O) groups excluding carboxylic acids is 3. The quantitative estimate of drug-likeness (QED) is 0.368. The van der Waals surface area contributed by atoms with Crippen molar-refractivity contribution in [2.45, 2.75) is 38.5 Å². The number of nitrogens with zero attached hydrogens (tertiary/aromatic N) is 1. The summed E-state index contributed by atoms with van der Waals surface area (Å²) in [4.78, 5) is 37.9. The van der Waals surface area contributed by atoms with Gasteiger partial charge in [-0.3, -0.25) is 14.4 Å². The third-order valence-corrected chi connectivity index (χ3v) is 4.85. The molecular weight excluding hydrogens is 406 g/mol. The number of anilines is 1. The van der Waals surface area contributed by atoms with Crippen LogP contribution >= 0.6 is 12.2 Å². The van der Waals surface area contributed by atoms with Crippen LogP contribution in [-0.4, -0.2) is 61.2 Å². The SMILES string of the molecule is COCCOC(=O)CCC(=O)NC(=S)Nc1ccc(C(=O)N2CCCCCC2)cc1. The maximum Gasteiger partial charge on any atom is 0.306 e. The van der Waals surface area contributed by atoms with Gasteiger partial charge in [0.2, 0.25) is 5.91 Å². The molecule has 0 saturated carbocycles. The molecule has 1 aliphatic heterocycles. The third kappa shape index (κ3) is 8.46. The van der Waals surface area contributed by atoms with Gasteiger partial charge in [0.1, 0.15) is 6.61 Å².